The Hall–Kier alpha value is -1.62. The Morgan fingerprint density at radius 1 is 1.62 bits per heavy atom. The first-order valence-electron chi connectivity index (χ1n) is 4.87. The van der Waals surface area contributed by atoms with Gasteiger partial charge in [0, 0.05) is 11.1 Å². The monoisotopic (exact) mass is 226 g/mol. The van der Waals surface area contributed by atoms with Crippen molar-refractivity contribution in [1.82, 2.24) is 0 Å². The molecular formula is C11H14O5. The fraction of sp³-hybridized carbons (Fsp3) is 0.455. The van der Waals surface area contributed by atoms with Crippen molar-refractivity contribution in [2.24, 2.45) is 0 Å². The van der Waals surface area contributed by atoms with Crippen LogP contribution in [-0.4, -0.2) is 36.4 Å². The van der Waals surface area contributed by atoms with Gasteiger partial charge in [0.05, 0.1) is 6.61 Å². The number of epoxide rings is 1. The standard InChI is InChI=1S/C11H14O5/c1-7(10(12)13)3-4-8(2)11(14)16-6-9-5-15-9/h3,9H,2,4-6H2,1H3,(H,12,13). The molecule has 5 heteroatoms. The Balaban J connectivity index is 2.30. The summed E-state index contributed by atoms with van der Waals surface area (Å²) in [7, 11) is 0. The molecule has 1 heterocycles. The fourth-order valence-electron chi connectivity index (χ4n) is 0.882. The third-order valence-corrected chi connectivity index (χ3v) is 2.08. The highest BCUT2D eigenvalue weighted by Gasteiger charge is 2.24. The molecule has 0 amide bonds. The summed E-state index contributed by atoms with van der Waals surface area (Å²) in [5, 5.41) is 8.59. The molecule has 0 radical (unpaired) electrons. The second kappa shape index (κ2) is 5.46. The largest absolute Gasteiger partial charge is 0.478 e. The summed E-state index contributed by atoms with van der Waals surface area (Å²) in [5.41, 5.74) is 0.417. The number of esters is 1. The van der Waals surface area contributed by atoms with Gasteiger partial charge in [-0.25, -0.2) is 9.59 Å². The summed E-state index contributed by atoms with van der Waals surface area (Å²) in [5.74, 6) is -1.52. The Morgan fingerprint density at radius 3 is 2.75 bits per heavy atom. The Morgan fingerprint density at radius 2 is 2.25 bits per heavy atom. The third-order valence-electron chi connectivity index (χ3n) is 2.08. The van der Waals surface area contributed by atoms with E-state index >= 15 is 0 Å². The summed E-state index contributed by atoms with van der Waals surface area (Å²) in [6, 6.07) is 0. The van der Waals surface area contributed by atoms with Gasteiger partial charge in [-0.2, -0.15) is 0 Å². The average molecular weight is 226 g/mol. The second-order valence-electron chi connectivity index (χ2n) is 3.55. The molecule has 5 nitrogen and oxygen atoms in total. The van der Waals surface area contributed by atoms with Crippen LogP contribution in [-0.2, 0) is 19.1 Å². The van der Waals surface area contributed by atoms with E-state index in [1.54, 1.807) is 0 Å². The van der Waals surface area contributed by atoms with Crippen LogP contribution in [0.5, 0.6) is 0 Å². The molecule has 0 bridgehead atoms. The summed E-state index contributed by atoms with van der Waals surface area (Å²) in [4.78, 5) is 21.8. The summed E-state index contributed by atoms with van der Waals surface area (Å²) in [6.07, 6.45) is 1.63. The highest BCUT2D eigenvalue weighted by molar-refractivity contribution is 5.89. The smallest absolute Gasteiger partial charge is 0.333 e. The molecule has 1 rings (SSSR count). The molecule has 1 N–H and O–H groups in total. The highest BCUT2D eigenvalue weighted by atomic mass is 16.6. The van der Waals surface area contributed by atoms with Crippen LogP contribution in [0.3, 0.4) is 0 Å². The summed E-state index contributed by atoms with van der Waals surface area (Å²) >= 11 is 0. The van der Waals surface area contributed by atoms with Gasteiger partial charge >= 0.3 is 11.9 Å². The minimum absolute atomic E-state index is 0.0213. The highest BCUT2D eigenvalue weighted by Crippen LogP contribution is 2.11. The Bertz CT molecular complexity index is 338. The van der Waals surface area contributed by atoms with Crippen molar-refractivity contribution in [3.63, 3.8) is 0 Å². The molecule has 88 valence electrons. The molecule has 1 unspecified atom stereocenters. The lowest BCUT2D eigenvalue weighted by molar-refractivity contribution is -0.139. The lowest BCUT2D eigenvalue weighted by Crippen LogP contribution is -2.11. The molecule has 0 aromatic carbocycles. The predicted octanol–water partition coefficient (Wildman–Crippen LogP) is 0.906. The van der Waals surface area contributed by atoms with E-state index in [0.29, 0.717) is 6.61 Å². The summed E-state index contributed by atoms with van der Waals surface area (Å²) in [6.45, 7) is 5.85. The Kier molecular flexibility index (Phi) is 4.25. The third kappa shape index (κ3) is 4.27. The lowest BCUT2D eigenvalue weighted by atomic mass is 10.1. The number of aliphatic carboxylic acids is 1. The van der Waals surface area contributed by atoms with Gasteiger partial charge in [-0.3, -0.25) is 0 Å². The van der Waals surface area contributed by atoms with Gasteiger partial charge in [0.25, 0.3) is 0 Å². The second-order valence-corrected chi connectivity index (χ2v) is 3.55. The van der Waals surface area contributed by atoms with Crippen LogP contribution in [0.4, 0.5) is 0 Å². The Labute approximate surface area is 93.3 Å². The van der Waals surface area contributed by atoms with Crippen molar-refractivity contribution in [3.8, 4) is 0 Å². The number of ether oxygens (including phenoxy) is 2. The van der Waals surface area contributed by atoms with Crippen LogP contribution in [0.2, 0.25) is 0 Å². The van der Waals surface area contributed by atoms with Gasteiger partial charge in [0.2, 0.25) is 0 Å². The van der Waals surface area contributed by atoms with E-state index in [4.69, 9.17) is 14.6 Å². The first-order chi connectivity index (χ1) is 7.50. The predicted molar refractivity (Wildman–Crippen MR) is 55.8 cm³/mol. The molecule has 0 aliphatic carbocycles. The van der Waals surface area contributed by atoms with Gasteiger partial charge in [0.1, 0.15) is 12.7 Å². The molecule has 16 heavy (non-hydrogen) atoms. The first-order valence-corrected chi connectivity index (χ1v) is 4.87. The van der Waals surface area contributed by atoms with Crippen molar-refractivity contribution in [2.75, 3.05) is 13.2 Å². The van der Waals surface area contributed by atoms with Crippen LogP contribution >= 0.6 is 0 Å². The first kappa shape index (κ1) is 12.4. The van der Waals surface area contributed by atoms with Gasteiger partial charge in [-0.1, -0.05) is 12.7 Å². The maximum Gasteiger partial charge on any atom is 0.333 e. The molecule has 0 spiro atoms. The van der Waals surface area contributed by atoms with E-state index in [0.717, 1.165) is 0 Å². The number of rotatable bonds is 6. The topological polar surface area (TPSA) is 76.1 Å². The van der Waals surface area contributed by atoms with E-state index in [2.05, 4.69) is 6.58 Å². The maximum absolute atomic E-state index is 11.3. The number of hydrogen-bond acceptors (Lipinski definition) is 4. The molecule has 1 saturated heterocycles. The molecule has 0 aromatic heterocycles. The summed E-state index contributed by atoms with van der Waals surface area (Å²) < 4.78 is 9.75. The SMILES string of the molecule is C=C(CC=C(C)C(=O)O)C(=O)OCC1CO1. The van der Waals surface area contributed by atoms with Crippen LogP contribution in [0.25, 0.3) is 0 Å². The van der Waals surface area contributed by atoms with E-state index in [1.165, 1.54) is 13.0 Å². The van der Waals surface area contributed by atoms with Gasteiger partial charge in [0.15, 0.2) is 0 Å². The van der Waals surface area contributed by atoms with Crippen molar-refractivity contribution in [3.05, 3.63) is 23.8 Å². The normalized spacial score (nSPS) is 19.1. The van der Waals surface area contributed by atoms with Gasteiger partial charge in [-0.15, -0.1) is 0 Å². The van der Waals surface area contributed by atoms with Crippen LogP contribution in [0.15, 0.2) is 23.8 Å². The molecule has 1 fully saturated rings. The minimum Gasteiger partial charge on any atom is -0.478 e. The van der Waals surface area contributed by atoms with E-state index < -0.39 is 11.9 Å². The van der Waals surface area contributed by atoms with Crippen molar-refractivity contribution in [1.29, 1.82) is 0 Å². The zero-order chi connectivity index (χ0) is 12.1. The van der Waals surface area contributed by atoms with Crippen LogP contribution in [0, 0.1) is 0 Å². The number of carboxylic acid groups (broad SMARTS) is 1. The maximum atomic E-state index is 11.3. The van der Waals surface area contributed by atoms with E-state index in [1.807, 2.05) is 0 Å². The lowest BCUT2D eigenvalue weighted by Gasteiger charge is -2.03. The quantitative estimate of drug-likeness (QED) is 0.414. The number of carbonyl (C=O) groups is 2. The van der Waals surface area contributed by atoms with Gasteiger partial charge in [-0.05, 0) is 13.3 Å². The molecule has 0 saturated carbocycles. The van der Waals surface area contributed by atoms with Crippen LogP contribution < -0.4 is 0 Å². The molecule has 0 aromatic rings. The van der Waals surface area contributed by atoms with Crippen molar-refractivity contribution < 1.29 is 24.2 Å². The molecule has 1 aliphatic heterocycles. The molecular weight excluding hydrogens is 212 g/mol. The van der Waals surface area contributed by atoms with Gasteiger partial charge < -0.3 is 14.6 Å². The zero-order valence-electron chi connectivity index (χ0n) is 9.06. The van der Waals surface area contributed by atoms with Crippen molar-refractivity contribution >= 4 is 11.9 Å². The van der Waals surface area contributed by atoms with Crippen LogP contribution in [0.1, 0.15) is 13.3 Å². The average Bonchev–Trinajstić information content (AvgIpc) is 3.05. The van der Waals surface area contributed by atoms with E-state index in [9.17, 15) is 9.59 Å². The van der Waals surface area contributed by atoms with Crippen molar-refractivity contribution in [2.45, 2.75) is 19.4 Å². The number of allylic oxidation sites excluding steroid dienone is 1. The molecule has 1 aliphatic rings. The number of carboxylic acids is 1. The molecule has 1 atom stereocenters. The fourth-order valence-corrected chi connectivity index (χ4v) is 0.882. The zero-order valence-corrected chi connectivity index (χ0v) is 9.06. The minimum atomic E-state index is -1.01. The number of hydrogen-bond donors (Lipinski definition) is 1. The number of carbonyl (C=O) groups excluding carboxylic acids is 1. The van der Waals surface area contributed by atoms with E-state index in [-0.39, 0.29) is 30.3 Å².